The van der Waals surface area contributed by atoms with Gasteiger partial charge in [-0.3, -0.25) is 4.79 Å². The fourth-order valence-electron chi connectivity index (χ4n) is 1.70. The van der Waals surface area contributed by atoms with E-state index in [2.05, 4.69) is 5.32 Å². The minimum atomic E-state index is -0.134. The molecule has 0 aliphatic heterocycles. The summed E-state index contributed by atoms with van der Waals surface area (Å²) in [5.41, 5.74) is 0.516. The van der Waals surface area contributed by atoms with Crippen LogP contribution in [0.25, 0.3) is 0 Å². The zero-order chi connectivity index (χ0) is 16.7. The molecule has 0 aliphatic carbocycles. The molecule has 0 fully saturated rings. The summed E-state index contributed by atoms with van der Waals surface area (Å²) >= 11 is 19.2. The van der Waals surface area contributed by atoms with Gasteiger partial charge in [0.1, 0.15) is 5.75 Å². The standard InChI is InChI=1S/C16H14Cl3NO2S/c17-11-4-6-12(7-5-11)22-8-9-23-10-15(21)20-14-3-1-2-13(18)16(14)19/h1-7H,8-10H2,(H,20,21). The lowest BCUT2D eigenvalue weighted by Gasteiger charge is -2.08. The van der Waals surface area contributed by atoms with Crippen LogP contribution >= 0.6 is 46.6 Å². The highest BCUT2D eigenvalue weighted by Crippen LogP contribution is 2.29. The Morgan fingerprint density at radius 3 is 2.57 bits per heavy atom. The van der Waals surface area contributed by atoms with Gasteiger partial charge in [-0.25, -0.2) is 0 Å². The SMILES string of the molecule is O=C(CSCCOc1ccc(Cl)cc1)Nc1cccc(Cl)c1Cl. The quantitative estimate of drug-likeness (QED) is 0.643. The molecule has 0 radical (unpaired) electrons. The highest BCUT2D eigenvalue weighted by Gasteiger charge is 2.08. The maximum Gasteiger partial charge on any atom is 0.234 e. The molecule has 3 nitrogen and oxygen atoms in total. The maximum atomic E-state index is 11.9. The lowest BCUT2D eigenvalue weighted by molar-refractivity contribution is -0.113. The van der Waals surface area contributed by atoms with E-state index >= 15 is 0 Å². The molecule has 0 spiro atoms. The van der Waals surface area contributed by atoms with Gasteiger partial charge in [-0.15, -0.1) is 11.8 Å². The predicted octanol–water partition coefficient (Wildman–Crippen LogP) is 5.40. The first kappa shape index (κ1) is 18.3. The summed E-state index contributed by atoms with van der Waals surface area (Å²) in [6.07, 6.45) is 0. The Morgan fingerprint density at radius 2 is 1.83 bits per heavy atom. The number of carbonyl (C=O) groups is 1. The molecule has 0 aromatic heterocycles. The minimum Gasteiger partial charge on any atom is -0.493 e. The maximum absolute atomic E-state index is 11.9. The number of carbonyl (C=O) groups excluding carboxylic acids is 1. The number of rotatable bonds is 7. The summed E-state index contributed by atoms with van der Waals surface area (Å²) in [7, 11) is 0. The highest BCUT2D eigenvalue weighted by atomic mass is 35.5. The normalized spacial score (nSPS) is 10.4. The van der Waals surface area contributed by atoms with E-state index in [1.807, 2.05) is 0 Å². The van der Waals surface area contributed by atoms with Crippen LogP contribution in [0.15, 0.2) is 42.5 Å². The van der Waals surface area contributed by atoms with Gasteiger partial charge in [0.05, 0.1) is 28.1 Å². The van der Waals surface area contributed by atoms with E-state index in [1.165, 1.54) is 11.8 Å². The van der Waals surface area contributed by atoms with E-state index in [0.717, 1.165) is 5.75 Å². The molecule has 7 heteroatoms. The van der Waals surface area contributed by atoms with Crippen LogP contribution < -0.4 is 10.1 Å². The fraction of sp³-hybridized carbons (Fsp3) is 0.188. The summed E-state index contributed by atoms with van der Waals surface area (Å²) in [6, 6.07) is 12.3. The largest absolute Gasteiger partial charge is 0.493 e. The lowest BCUT2D eigenvalue weighted by Crippen LogP contribution is -2.15. The molecule has 23 heavy (non-hydrogen) atoms. The van der Waals surface area contributed by atoms with Crippen molar-refractivity contribution in [3.05, 3.63) is 57.5 Å². The Kier molecular flexibility index (Phi) is 7.37. The summed E-state index contributed by atoms with van der Waals surface area (Å²) in [6.45, 7) is 0.511. The van der Waals surface area contributed by atoms with Crippen molar-refractivity contribution in [1.29, 1.82) is 0 Å². The van der Waals surface area contributed by atoms with Crippen molar-refractivity contribution in [3.8, 4) is 5.75 Å². The zero-order valence-electron chi connectivity index (χ0n) is 12.0. The van der Waals surface area contributed by atoms with Crippen molar-refractivity contribution in [2.75, 3.05) is 23.4 Å². The van der Waals surface area contributed by atoms with Crippen LogP contribution in [-0.4, -0.2) is 24.0 Å². The molecule has 0 saturated carbocycles. The number of halogens is 3. The molecule has 2 aromatic rings. The van der Waals surface area contributed by atoms with E-state index < -0.39 is 0 Å². The van der Waals surface area contributed by atoms with Gasteiger partial charge in [-0.2, -0.15) is 0 Å². The number of thioether (sulfide) groups is 1. The van der Waals surface area contributed by atoms with Crippen molar-refractivity contribution < 1.29 is 9.53 Å². The average molecular weight is 391 g/mol. The second-order valence-electron chi connectivity index (χ2n) is 4.50. The molecule has 0 aliphatic rings. The van der Waals surface area contributed by atoms with Crippen LogP contribution in [0.3, 0.4) is 0 Å². The fourth-order valence-corrected chi connectivity index (χ4v) is 2.78. The molecule has 122 valence electrons. The summed E-state index contributed by atoms with van der Waals surface area (Å²) in [5, 5.41) is 4.16. The lowest BCUT2D eigenvalue weighted by atomic mass is 10.3. The number of benzene rings is 2. The van der Waals surface area contributed by atoms with Gasteiger partial charge in [-0.1, -0.05) is 40.9 Å². The van der Waals surface area contributed by atoms with Crippen molar-refractivity contribution in [1.82, 2.24) is 0 Å². The molecule has 0 unspecified atom stereocenters. The number of anilines is 1. The molecular weight excluding hydrogens is 377 g/mol. The number of amides is 1. The Balaban J connectivity index is 1.67. The van der Waals surface area contributed by atoms with Gasteiger partial charge in [-0.05, 0) is 36.4 Å². The van der Waals surface area contributed by atoms with Gasteiger partial charge in [0.15, 0.2) is 0 Å². The Hall–Kier alpha value is -1.07. The molecule has 0 atom stereocenters. The van der Waals surface area contributed by atoms with Crippen LogP contribution in [-0.2, 0) is 4.79 Å². The smallest absolute Gasteiger partial charge is 0.234 e. The van der Waals surface area contributed by atoms with Gasteiger partial charge >= 0.3 is 0 Å². The first-order valence-electron chi connectivity index (χ1n) is 6.76. The van der Waals surface area contributed by atoms with Gasteiger partial charge in [0, 0.05) is 10.8 Å². The van der Waals surface area contributed by atoms with Gasteiger partial charge < -0.3 is 10.1 Å². The van der Waals surface area contributed by atoms with E-state index in [0.29, 0.717) is 38.9 Å². The summed E-state index contributed by atoms with van der Waals surface area (Å²) < 4.78 is 5.55. The topological polar surface area (TPSA) is 38.3 Å². The molecule has 2 aromatic carbocycles. The molecule has 0 heterocycles. The first-order chi connectivity index (χ1) is 11.1. The Labute approximate surface area is 154 Å². The van der Waals surface area contributed by atoms with Crippen molar-refractivity contribution in [2.45, 2.75) is 0 Å². The van der Waals surface area contributed by atoms with Gasteiger partial charge in [0.2, 0.25) is 5.91 Å². The highest BCUT2D eigenvalue weighted by molar-refractivity contribution is 7.99. The Bertz CT molecular complexity index is 665. The predicted molar refractivity (Wildman–Crippen MR) is 99.4 cm³/mol. The molecule has 2 rings (SSSR count). The molecule has 1 amide bonds. The second kappa shape index (κ2) is 9.28. The number of nitrogens with one attached hydrogen (secondary N) is 1. The van der Waals surface area contributed by atoms with Gasteiger partial charge in [0.25, 0.3) is 0 Å². The molecule has 0 bridgehead atoms. The third-order valence-electron chi connectivity index (χ3n) is 2.77. The zero-order valence-corrected chi connectivity index (χ0v) is 15.1. The average Bonchev–Trinajstić information content (AvgIpc) is 2.53. The monoisotopic (exact) mass is 389 g/mol. The molecular formula is C16H14Cl3NO2S. The molecule has 1 N–H and O–H groups in total. The van der Waals surface area contributed by atoms with Crippen molar-refractivity contribution in [3.63, 3.8) is 0 Å². The third-order valence-corrected chi connectivity index (χ3v) is 4.76. The van der Waals surface area contributed by atoms with Crippen LogP contribution in [0.5, 0.6) is 5.75 Å². The van der Waals surface area contributed by atoms with Crippen LogP contribution in [0.4, 0.5) is 5.69 Å². The molecule has 0 saturated heterocycles. The van der Waals surface area contributed by atoms with Crippen LogP contribution in [0, 0.1) is 0 Å². The van der Waals surface area contributed by atoms with E-state index in [1.54, 1.807) is 42.5 Å². The first-order valence-corrected chi connectivity index (χ1v) is 9.05. The number of hydrogen-bond acceptors (Lipinski definition) is 3. The third kappa shape index (κ3) is 6.15. The summed E-state index contributed by atoms with van der Waals surface area (Å²) in [4.78, 5) is 11.9. The number of hydrogen-bond donors (Lipinski definition) is 1. The van der Waals surface area contributed by atoms with Crippen LogP contribution in [0.1, 0.15) is 0 Å². The number of ether oxygens (including phenoxy) is 1. The van der Waals surface area contributed by atoms with E-state index in [9.17, 15) is 4.79 Å². The van der Waals surface area contributed by atoms with E-state index in [4.69, 9.17) is 39.5 Å². The van der Waals surface area contributed by atoms with Crippen molar-refractivity contribution >= 4 is 58.2 Å². The second-order valence-corrected chi connectivity index (χ2v) is 6.83. The van der Waals surface area contributed by atoms with E-state index in [-0.39, 0.29) is 5.91 Å². The summed E-state index contributed by atoms with van der Waals surface area (Å²) in [5.74, 6) is 1.63. The van der Waals surface area contributed by atoms with Crippen LogP contribution in [0.2, 0.25) is 15.1 Å². The minimum absolute atomic E-state index is 0.134. The Morgan fingerprint density at radius 1 is 1.09 bits per heavy atom. The van der Waals surface area contributed by atoms with Crippen molar-refractivity contribution in [2.24, 2.45) is 0 Å².